The molecule has 0 fully saturated rings. The van der Waals surface area contributed by atoms with Gasteiger partial charge >= 0.3 is 0 Å². The third kappa shape index (κ3) is 129. The van der Waals surface area contributed by atoms with Gasteiger partial charge in [0.1, 0.15) is 0 Å². The quantitative estimate of drug-likeness (QED) is 0.493. The van der Waals surface area contributed by atoms with Crippen LogP contribution in [0.3, 0.4) is 0 Å². The van der Waals surface area contributed by atoms with Crippen molar-refractivity contribution in [3.8, 4) is 0 Å². The smallest absolute Gasteiger partial charge is 0.151 e. The Hall–Kier alpha value is 2.37. The van der Waals surface area contributed by atoms with Crippen molar-refractivity contribution in [2.75, 3.05) is 6.66 Å². The third-order valence-electron chi connectivity index (χ3n) is 0. The van der Waals surface area contributed by atoms with E-state index in [0.29, 0.717) is 0 Å². The summed E-state index contributed by atoms with van der Waals surface area (Å²) >= 11 is 0. The molecule has 9 heavy (non-hydrogen) atoms. The molecule has 1 nitrogen and oxygen atoms in total. The molecule has 0 spiro atoms. The first-order chi connectivity index (χ1) is 2.83. The van der Waals surface area contributed by atoms with E-state index in [1.807, 2.05) is 0 Å². The Labute approximate surface area is 108 Å². The zero-order valence-electron chi connectivity index (χ0n) is 5.45. The molecule has 0 saturated heterocycles. The maximum Gasteiger partial charge on any atom is 0.151 e. The molecule has 3 radical (unpaired) electrons. The predicted octanol–water partition coefficient (Wildman–Crippen LogP) is 1.95. The normalized spacial score (nSPS) is 4.33. The average Bonchev–Trinajstić information content (AvgIpc) is 1.39. The molecular weight excluding hydrogens is 286 g/mol. The van der Waals surface area contributed by atoms with E-state index in [0.717, 1.165) is 6.42 Å². The molecule has 0 rings (SSSR count). The molecule has 0 aliphatic rings. The van der Waals surface area contributed by atoms with Crippen molar-refractivity contribution in [2.24, 2.45) is 0 Å². The first-order valence-corrected chi connectivity index (χ1v) is 2.89. The summed E-state index contributed by atoms with van der Waals surface area (Å²) in [6.45, 7) is 8.29. The number of hydrogen-bond donors (Lipinski definition) is 0. The predicted molar refractivity (Wildman–Crippen MR) is 28.9 cm³/mol. The summed E-state index contributed by atoms with van der Waals surface area (Å²) in [6.07, 6.45) is 0.750. The second kappa shape index (κ2) is 47.7. The van der Waals surface area contributed by atoms with Gasteiger partial charge in [-0.25, -0.2) is 0 Å². The van der Waals surface area contributed by atoms with Gasteiger partial charge in [-0.3, -0.25) is 4.57 Å². The van der Waals surface area contributed by atoms with Gasteiger partial charge < -0.3 is 20.3 Å². The van der Waals surface area contributed by atoms with E-state index in [1.54, 1.807) is 6.66 Å². The van der Waals surface area contributed by atoms with E-state index in [2.05, 4.69) is 13.8 Å². The van der Waals surface area contributed by atoms with E-state index in [-0.39, 0.29) is 78.3 Å². The zero-order valence-corrected chi connectivity index (χ0v) is 12.0. The summed E-state index contributed by atoms with van der Waals surface area (Å²) in [5, 5.41) is 0. The molecule has 0 heterocycles. The topological polar surface area (TPSA) is 17.1 Å². The minimum atomic E-state index is 0. The minimum absolute atomic E-state index is 0. The SMILES string of the molecule is CP=O.[CH2-]C[CH2-].[V].[V].[Y]. The monoisotopic (exact) mass is 295 g/mol. The van der Waals surface area contributed by atoms with Crippen molar-refractivity contribution in [1.82, 2.24) is 0 Å². The first-order valence-electron chi connectivity index (χ1n) is 1.63. The van der Waals surface area contributed by atoms with Crippen molar-refractivity contribution in [3.63, 3.8) is 0 Å². The van der Waals surface area contributed by atoms with E-state index < -0.39 is 0 Å². The first kappa shape index (κ1) is 30.1. The summed E-state index contributed by atoms with van der Waals surface area (Å²) in [7, 11) is 0.167. The molecule has 5 heteroatoms. The maximum atomic E-state index is 8.90. The van der Waals surface area contributed by atoms with Crippen molar-refractivity contribution in [1.29, 1.82) is 0 Å². The van der Waals surface area contributed by atoms with E-state index >= 15 is 0 Å². The van der Waals surface area contributed by atoms with E-state index in [4.69, 9.17) is 4.57 Å². The van der Waals surface area contributed by atoms with Gasteiger partial charge in [0.2, 0.25) is 0 Å². The van der Waals surface area contributed by atoms with Crippen LogP contribution in [0.15, 0.2) is 0 Å². The molecule has 51 valence electrons. The summed E-state index contributed by atoms with van der Waals surface area (Å²) in [5.41, 5.74) is 0. The fourth-order valence-corrected chi connectivity index (χ4v) is 0. The van der Waals surface area contributed by atoms with E-state index in [1.165, 1.54) is 0 Å². The number of hydrogen-bond acceptors (Lipinski definition) is 1. The van der Waals surface area contributed by atoms with Crippen LogP contribution in [0, 0.1) is 13.8 Å². The standard InChI is InChI=1S/C3H6.CH3OP.2V.Y/c2*1-3-2;;;/h1-3H2;1H3;;;/q-2;;;;. The second-order valence-electron chi connectivity index (χ2n) is 0.536. The van der Waals surface area contributed by atoms with Gasteiger partial charge in [0.15, 0.2) is 8.46 Å². The third-order valence-corrected chi connectivity index (χ3v) is 0. The molecule has 0 aromatic heterocycles. The Morgan fingerprint density at radius 1 is 1.33 bits per heavy atom. The Morgan fingerprint density at radius 2 is 1.33 bits per heavy atom. The average molecular weight is 295 g/mol. The van der Waals surface area contributed by atoms with Crippen LogP contribution < -0.4 is 0 Å². The Kier molecular flexibility index (Phi) is 160. The summed E-state index contributed by atoms with van der Waals surface area (Å²) in [6, 6.07) is 0. The van der Waals surface area contributed by atoms with Gasteiger partial charge in [-0.15, -0.1) is 0 Å². The Balaban J connectivity index is -0.00000000889. The number of rotatable bonds is 0. The largest absolute Gasteiger partial charge is 0.372 e. The van der Waals surface area contributed by atoms with Crippen LogP contribution in [0.25, 0.3) is 0 Å². The van der Waals surface area contributed by atoms with Gasteiger partial charge in [-0.05, 0) is 0 Å². The van der Waals surface area contributed by atoms with Crippen LogP contribution in [-0.2, 0) is 74.4 Å². The second-order valence-corrected chi connectivity index (χ2v) is 0.901. The van der Waals surface area contributed by atoms with Crippen LogP contribution in [0.2, 0.25) is 0 Å². The van der Waals surface area contributed by atoms with Crippen LogP contribution in [0.4, 0.5) is 0 Å². The van der Waals surface area contributed by atoms with Gasteiger partial charge in [0.25, 0.3) is 0 Å². The summed E-state index contributed by atoms with van der Waals surface area (Å²) < 4.78 is 8.90. The van der Waals surface area contributed by atoms with Gasteiger partial charge in [-0.2, -0.15) is 0 Å². The maximum absolute atomic E-state index is 8.90. The van der Waals surface area contributed by atoms with E-state index in [9.17, 15) is 0 Å². The fraction of sp³-hybridized carbons (Fsp3) is 0.500. The molecule has 0 aliphatic carbocycles. The van der Waals surface area contributed by atoms with Crippen molar-refractivity contribution < 1.29 is 74.4 Å². The van der Waals surface area contributed by atoms with Crippen LogP contribution in [0.1, 0.15) is 6.42 Å². The van der Waals surface area contributed by atoms with Gasteiger partial charge in [0.05, 0.1) is 0 Å². The van der Waals surface area contributed by atoms with Gasteiger partial charge in [0, 0.05) is 76.5 Å². The molecular formula is C4H9OPV2Y-2. The fourth-order valence-electron chi connectivity index (χ4n) is 0. The molecule has 0 aliphatic heterocycles. The summed E-state index contributed by atoms with van der Waals surface area (Å²) in [5.74, 6) is 0. The molecule has 0 aromatic carbocycles. The molecule has 0 aromatic rings. The van der Waals surface area contributed by atoms with Crippen LogP contribution in [0.5, 0.6) is 0 Å². The molecule has 0 N–H and O–H groups in total. The van der Waals surface area contributed by atoms with Gasteiger partial charge in [-0.1, -0.05) is 0 Å². The molecule has 0 saturated carbocycles. The minimum Gasteiger partial charge on any atom is -0.372 e. The van der Waals surface area contributed by atoms with Crippen LogP contribution in [-0.4, -0.2) is 6.66 Å². The van der Waals surface area contributed by atoms with Crippen molar-refractivity contribution in [2.45, 2.75) is 6.42 Å². The Morgan fingerprint density at radius 3 is 1.33 bits per heavy atom. The molecule has 0 atom stereocenters. The molecule has 0 unspecified atom stereocenters. The summed E-state index contributed by atoms with van der Waals surface area (Å²) in [4.78, 5) is 0. The van der Waals surface area contributed by atoms with Crippen molar-refractivity contribution in [3.05, 3.63) is 13.8 Å². The Bertz CT molecular complexity index is 32.5. The molecule has 0 amide bonds. The zero-order chi connectivity index (χ0) is 5.41. The van der Waals surface area contributed by atoms with Crippen molar-refractivity contribution >= 4 is 8.46 Å². The van der Waals surface area contributed by atoms with Crippen LogP contribution >= 0.6 is 8.46 Å². The molecule has 0 bridgehead atoms.